The van der Waals surface area contributed by atoms with Crippen molar-refractivity contribution in [1.82, 2.24) is 39.3 Å². The molecule has 0 amide bonds. The predicted molar refractivity (Wildman–Crippen MR) is 169 cm³/mol. The quantitative estimate of drug-likeness (QED) is 0.265. The van der Waals surface area contributed by atoms with Crippen LogP contribution in [0.2, 0.25) is 0 Å². The molecule has 0 spiro atoms. The molecule has 0 aliphatic heterocycles. The lowest BCUT2D eigenvalue weighted by Gasteiger charge is -2.14. The van der Waals surface area contributed by atoms with Crippen molar-refractivity contribution in [2.45, 2.75) is 26.3 Å². The minimum absolute atomic E-state index is 0.355. The molecule has 0 aliphatic rings. The van der Waals surface area contributed by atoms with Crippen LogP contribution in [0, 0.1) is 0 Å². The number of aryl methyl sites for hydroxylation is 1. The molecule has 4 aromatic carbocycles. The van der Waals surface area contributed by atoms with Gasteiger partial charge in [0, 0.05) is 18.5 Å². The maximum Gasteiger partial charge on any atom is 0.342 e. The fraction of sp³-hybridized carbons (Fsp3) is 0.118. The van der Waals surface area contributed by atoms with Gasteiger partial charge < -0.3 is 4.57 Å². The van der Waals surface area contributed by atoms with Gasteiger partial charge in [0.1, 0.15) is 5.82 Å². The van der Waals surface area contributed by atoms with Crippen molar-refractivity contribution in [1.29, 1.82) is 0 Å². The summed E-state index contributed by atoms with van der Waals surface area (Å²) < 4.78 is 4.74. The van der Waals surface area contributed by atoms with Gasteiger partial charge in [-0.2, -0.15) is 0 Å². The molecule has 44 heavy (non-hydrogen) atoms. The zero-order valence-electron chi connectivity index (χ0n) is 24.0. The van der Waals surface area contributed by atoms with Gasteiger partial charge in [0.25, 0.3) is 5.56 Å². The maximum atomic E-state index is 14.2. The molecule has 1 N–H and O–H groups in total. The molecule has 0 saturated heterocycles. The second-order valence-corrected chi connectivity index (χ2v) is 10.5. The monoisotopic (exact) mass is 580 g/mol. The number of hydrogen-bond donors (Lipinski definition) is 1. The fourth-order valence-corrected chi connectivity index (χ4v) is 5.62. The summed E-state index contributed by atoms with van der Waals surface area (Å²) in [5.74, 6) is 1.35. The van der Waals surface area contributed by atoms with Crippen LogP contribution >= 0.6 is 0 Å². The first-order valence-corrected chi connectivity index (χ1v) is 14.4. The van der Waals surface area contributed by atoms with Crippen LogP contribution in [-0.2, 0) is 13.0 Å². The van der Waals surface area contributed by atoms with E-state index in [2.05, 4.69) is 51.8 Å². The summed E-state index contributed by atoms with van der Waals surface area (Å²) in [7, 11) is 0. The number of aromatic nitrogens is 8. The van der Waals surface area contributed by atoms with Crippen molar-refractivity contribution in [3.63, 3.8) is 0 Å². The van der Waals surface area contributed by atoms with Crippen LogP contribution in [0.4, 0.5) is 0 Å². The number of fused-ring (bicyclic) bond motifs is 1. The van der Waals surface area contributed by atoms with Gasteiger partial charge >= 0.3 is 5.69 Å². The average Bonchev–Trinajstić information content (AvgIpc) is 3.72. The van der Waals surface area contributed by atoms with Gasteiger partial charge in [-0.25, -0.2) is 24.0 Å². The highest BCUT2D eigenvalue weighted by Crippen LogP contribution is 2.30. The number of benzene rings is 4. The number of para-hydroxylation sites is 2. The zero-order valence-corrected chi connectivity index (χ0v) is 24.0. The van der Waals surface area contributed by atoms with Crippen molar-refractivity contribution in [2.24, 2.45) is 0 Å². The van der Waals surface area contributed by atoms with Gasteiger partial charge in [-0.05, 0) is 57.8 Å². The largest absolute Gasteiger partial charge is 0.342 e. The number of aromatic amines is 1. The Labute approximate surface area is 251 Å². The Bertz CT molecular complexity index is 2180. The van der Waals surface area contributed by atoms with E-state index in [4.69, 9.17) is 4.98 Å². The van der Waals surface area contributed by atoms with E-state index in [0.29, 0.717) is 41.3 Å². The van der Waals surface area contributed by atoms with E-state index in [9.17, 15) is 9.59 Å². The van der Waals surface area contributed by atoms with Gasteiger partial charge in [0.05, 0.1) is 11.4 Å². The number of hydrogen-bond acceptors (Lipinski definition) is 6. The molecule has 10 heteroatoms. The maximum absolute atomic E-state index is 14.2. The van der Waals surface area contributed by atoms with Crippen LogP contribution in [0.3, 0.4) is 0 Å². The van der Waals surface area contributed by atoms with Crippen molar-refractivity contribution in [3.8, 4) is 33.9 Å². The predicted octanol–water partition coefficient (Wildman–Crippen LogP) is 5.19. The number of imidazole rings is 1. The average molecular weight is 581 g/mol. The molecule has 0 fully saturated rings. The van der Waals surface area contributed by atoms with Gasteiger partial charge in [-0.3, -0.25) is 4.79 Å². The SMILES string of the molecule is CCCc1nc2c(c(=O)n(-c3ccccc3)c(=O)n2-c2ccccc2)n1Cc1ccc(-c2ccccc2-c2nnn[nH]2)cc1. The van der Waals surface area contributed by atoms with Crippen molar-refractivity contribution in [3.05, 3.63) is 141 Å². The lowest BCUT2D eigenvalue weighted by Crippen LogP contribution is -2.39. The molecule has 0 saturated carbocycles. The number of H-pyrrole nitrogens is 1. The summed E-state index contributed by atoms with van der Waals surface area (Å²) in [6.45, 7) is 2.49. The van der Waals surface area contributed by atoms with E-state index >= 15 is 0 Å². The number of nitrogens with zero attached hydrogens (tertiary/aromatic N) is 7. The summed E-state index contributed by atoms with van der Waals surface area (Å²) in [5, 5.41) is 14.4. The topological polar surface area (TPSA) is 116 Å². The minimum atomic E-state index is -0.461. The number of rotatable bonds is 8. The molecule has 7 aromatic rings. The second kappa shape index (κ2) is 11.4. The molecule has 10 nitrogen and oxygen atoms in total. The molecule has 0 aliphatic carbocycles. The number of tetrazole rings is 1. The summed E-state index contributed by atoms with van der Waals surface area (Å²) >= 11 is 0. The molecule has 7 rings (SSSR count). The van der Waals surface area contributed by atoms with Crippen molar-refractivity contribution in [2.75, 3.05) is 0 Å². The van der Waals surface area contributed by atoms with Crippen LogP contribution in [0.15, 0.2) is 119 Å². The van der Waals surface area contributed by atoms with Gasteiger partial charge in [-0.1, -0.05) is 91.9 Å². The Morgan fingerprint density at radius 3 is 2.00 bits per heavy atom. The highest BCUT2D eigenvalue weighted by atomic mass is 16.2. The smallest absolute Gasteiger partial charge is 0.318 e. The van der Waals surface area contributed by atoms with E-state index in [1.54, 1.807) is 12.1 Å². The van der Waals surface area contributed by atoms with E-state index in [-0.39, 0.29) is 0 Å². The first kappa shape index (κ1) is 27.0. The summed E-state index contributed by atoms with van der Waals surface area (Å²) in [6, 6.07) is 34.5. The van der Waals surface area contributed by atoms with Gasteiger partial charge in [0.15, 0.2) is 17.0 Å². The molecule has 0 atom stereocenters. The molecule has 3 aromatic heterocycles. The normalized spacial score (nSPS) is 11.3. The van der Waals surface area contributed by atoms with Crippen molar-refractivity contribution < 1.29 is 0 Å². The van der Waals surface area contributed by atoms with Crippen molar-refractivity contribution >= 4 is 11.2 Å². The number of nitrogens with one attached hydrogen (secondary N) is 1. The molecule has 0 radical (unpaired) electrons. The molecule has 0 unspecified atom stereocenters. The highest BCUT2D eigenvalue weighted by molar-refractivity contribution is 5.80. The molecule has 3 heterocycles. The highest BCUT2D eigenvalue weighted by Gasteiger charge is 2.23. The zero-order chi connectivity index (χ0) is 30.0. The fourth-order valence-electron chi connectivity index (χ4n) is 5.62. The van der Waals surface area contributed by atoms with E-state index in [1.165, 1.54) is 9.13 Å². The lowest BCUT2D eigenvalue weighted by atomic mass is 9.98. The molecule has 0 bridgehead atoms. The van der Waals surface area contributed by atoms with E-state index in [0.717, 1.165) is 34.5 Å². The first-order valence-electron chi connectivity index (χ1n) is 14.4. The van der Waals surface area contributed by atoms with Crippen LogP contribution in [0.5, 0.6) is 0 Å². The third kappa shape index (κ3) is 4.72. The van der Waals surface area contributed by atoms with Crippen LogP contribution in [0.1, 0.15) is 24.7 Å². The van der Waals surface area contributed by atoms with Crippen LogP contribution < -0.4 is 11.2 Å². The first-order chi connectivity index (χ1) is 21.6. The Kier molecular flexibility index (Phi) is 6.99. The molecular weight excluding hydrogens is 552 g/mol. The van der Waals surface area contributed by atoms with Crippen LogP contribution in [-0.4, -0.2) is 39.3 Å². The Morgan fingerprint density at radius 2 is 1.36 bits per heavy atom. The molecular formula is C34H28N8O2. The van der Waals surface area contributed by atoms with E-state index < -0.39 is 11.2 Å². The Balaban J connectivity index is 1.39. The van der Waals surface area contributed by atoms with E-state index in [1.807, 2.05) is 77.4 Å². The van der Waals surface area contributed by atoms with Gasteiger partial charge in [-0.15, -0.1) is 5.10 Å². The summed E-state index contributed by atoms with van der Waals surface area (Å²) in [5.41, 5.74) is 4.92. The second-order valence-electron chi connectivity index (χ2n) is 10.5. The minimum Gasteiger partial charge on any atom is -0.318 e. The Hall–Kier alpha value is -5.90. The summed E-state index contributed by atoms with van der Waals surface area (Å²) in [4.78, 5) is 33.1. The summed E-state index contributed by atoms with van der Waals surface area (Å²) in [6.07, 6.45) is 1.48. The standard InChI is InChI=1S/C34H28N8O2/c1-2-11-29-35-32-30(33(43)42(26-14-7-4-8-15-26)34(44)41(32)25-12-5-3-6-13-25)40(29)22-23-18-20-24(21-19-23)27-16-9-10-17-28(27)31-36-38-39-37-31/h3-10,12-21H,2,11,22H2,1H3,(H,36,37,38,39). The Morgan fingerprint density at radius 1 is 0.727 bits per heavy atom. The lowest BCUT2D eigenvalue weighted by molar-refractivity contribution is 0.717. The third-order valence-electron chi connectivity index (χ3n) is 7.66. The van der Waals surface area contributed by atoms with Gasteiger partial charge in [0.2, 0.25) is 0 Å². The molecule has 216 valence electrons. The third-order valence-corrected chi connectivity index (χ3v) is 7.66. The van der Waals surface area contributed by atoms with Crippen LogP contribution in [0.25, 0.3) is 45.1 Å².